The molecule has 0 heterocycles. The van der Waals surface area contributed by atoms with E-state index >= 15 is 0 Å². The molecule has 0 bridgehead atoms. The van der Waals surface area contributed by atoms with Crippen LogP contribution in [0.4, 0.5) is 5.69 Å². The smallest absolute Gasteiger partial charge is 0.264 e. The first-order chi connectivity index (χ1) is 21.6. The van der Waals surface area contributed by atoms with Gasteiger partial charge in [0.15, 0.2) is 0 Å². The molecule has 0 aromatic heterocycles. The molecule has 0 saturated heterocycles. The highest BCUT2D eigenvalue weighted by Gasteiger charge is 2.34. The summed E-state index contributed by atoms with van der Waals surface area (Å²) in [4.78, 5) is 29.9. The maximum absolute atomic E-state index is 14.5. The van der Waals surface area contributed by atoms with Crippen LogP contribution in [0.3, 0.4) is 0 Å². The van der Waals surface area contributed by atoms with E-state index in [-0.39, 0.29) is 29.7 Å². The second-order valence-electron chi connectivity index (χ2n) is 11.0. The Kier molecular flexibility index (Phi) is 11.8. The van der Waals surface area contributed by atoms with E-state index < -0.39 is 28.5 Å². The average molecular weight is 693 g/mol. The fraction of sp³-hybridized carbons (Fsp3) is 0.257. The third-order valence-electron chi connectivity index (χ3n) is 7.17. The SMILES string of the molecule is COc1cccc(CN(C(=O)CN(c2ccc(Br)cc2)S(=O)(=O)c2ccccc2)[C@H](Cc2ccccc2)C(=O)NCC(C)C)c1. The van der Waals surface area contributed by atoms with Crippen LogP contribution in [0, 0.1) is 5.92 Å². The zero-order chi connectivity index (χ0) is 32.4. The molecule has 1 atom stereocenters. The molecule has 1 N–H and O–H groups in total. The Morgan fingerprint density at radius 1 is 0.844 bits per heavy atom. The van der Waals surface area contributed by atoms with E-state index in [1.165, 1.54) is 17.0 Å². The maximum Gasteiger partial charge on any atom is 0.264 e. The number of ether oxygens (including phenoxy) is 1. The number of rotatable bonds is 14. The molecule has 4 rings (SSSR count). The highest BCUT2D eigenvalue weighted by molar-refractivity contribution is 9.10. The number of nitrogens with zero attached hydrogens (tertiary/aromatic N) is 2. The van der Waals surface area contributed by atoms with Gasteiger partial charge in [0, 0.05) is 24.0 Å². The molecule has 4 aromatic rings. The lowest BCUT2D eigenvalue weighted by Crippen LogP contribution is -2.53. The Hall–Kier alpha value is -4.15. The molecule has 0 aliphatic rings. The van der Waals surface area contributed by atoms with Crippen LogP contribution in [0.25, 0.3) is 0 Å². The molecular formula is C35H38BrN3O5S. The summed E-state index contributed by atoms with van der Waals surface area (Å²) >= 11 is 3.41. The average Bonchev–Trinajstić information content (AvgIpc) is 3.05. The maximum atomic E-state index is 14.5. The largest absolute Gasteiger partial charge is 0.497 e. The Labute approximate surface area is 274 Å². The molecule has 0 radical (unpaired) electrons. The molecule has 0 unspecified atom stereocenters. The number of hydrogen-bond acceptors (Lipinski definition) is 5. The number of methoxy groups -OCH3 is 1. The van der Waals surface area contributed by atoms with Crippen molar-refractivity contribution < 1.29 is 22.7 Å². The first-order valence-corrected chi connectivity index (χ1v) is 16.9. The molecule has 10 heteroatoms. The van der Waals surface area contributed by atoms with Crippen LogP contribution in [0.1, 0.15) is 25.0 Å². The number of sulfonamides is 1. The molecule has 45 heavy (non-hydrogen) atoms. The van der Waals surface area contributed by atoms with E-state index in [0.717, 1.165) is 19.9 Å². The van der Waals surface area contributed by atoms with Crippen molar-refractivity contribution in [2.24, 2.45) is 5.92 Å². The van der Waals surface area contributed by atoms with Gasteiger partial charge in [-0.2, -0.15) is 0 Å². The van der Waals surface area contributed by atoms with Gasteiger partial charge in [-0.1, -0.05) is 90.4 Å². The molecular weight excluding hydrogens is 654 g/mol. The fourth-order valence-corrected chi connectivity index (χ4v) is 6.50. The predicted octanol–water partition coefficient (Wildman–Crippen LogP) is 6.07. The van der Waals surface area contributed by atoms with Crippen LogP contribution in [-0.4, -0.2) is 51.4 Å². The number of nitrogens with one attached hydrogen (secondary N) is 1. The minimum absolute atomic E-state index is 0.0515. The van der Waals surface area contributed by atoms with Crippen molar-refractivity contribution in [2.45, 2.75) is 37.8 Å². The quantitative estimate of drug-likeness (QED) is 0.173. The lowest BCUT2D eigenvalue weighted by Gasteiger charge is -2.34. The van der Waals surface area contributed by atoms with Crippen LogP contribution in [0.2, 0.25) is 0 Å². The summed E-state index contributed by atoms with van der Waals surface area (Å²) in [6.07, 6.45) is 0.240. The lowest BCUT2D eigenvalue weighted by molar-refractivity contribution is -0.140. The Balaban J connectivity index is 1.80. The Bertz CT molecular complexity index is 1670. The first kappa shape index (κ1) is 33.7. The van der Waals surface area contributed by atoms with Gasteiger partial charge in [0.2, 0.25) is 11.8 Å². The van der Waals surface area contributed by atoms with Gasteiger partial charge in [-0.05, 0) is 65.6 Å². The van der Waals surface area contributed by atoms with Crippen LogP contribution in [0.15, 0.2) is 119 Å². The third kappa shape index (κ3) is 9.18. The molecule has 0 aliphatic carbocycles. The summed E-state index contributed by atoms with van der Waals surface area (Å²) in [5.41, 5.74) is 1.92. The van der Waals surface area contributed by atoms with Gasteiger partial charge >= 0.3 is 0 Å². The highest BCUT2D eigenvalue weighted by atomic mass is 79.9. The molecule has 0 saturated carbocycles. The molecule has 0 spiro atoms. The van der Waals surface area contributed by atoms with Gasteiger partial charge in [0.25, 0.3) is 10.0 Å². The predicted molar refractivity (Wildman–Crippen MR) is 180 cm³/mol. The minimum Gasteiger partial charge on any atom is -0.497 e. The zero-order valence-corrected chi connectivity index (χ0v) is 28.0. The Morgan fingerprint density at radius 2 is 1.47 bits per heavy atom. The number of carbonyl (C=O) groups is 2. The van der Waals surface area contributed by atoms with Crippen LogP contribution < -0.4 is 14.4 Å². The molecule has 4 aromatic carbocycles. The van der Waals surface area contributed by atoms with Crippen molar-refractivity contribution >= 4 is 43.5 Å². The molecule has 236 valence electrons. The van der Waals surface area contributed by atoms with E-state index in [4.69, 9.17) is 4.74 Å². The summed E-state index contributed by atoms with van der Waals surface area (Å²) in [5.74, 6) is -0.0459. The second-order valence-corrected chi connectivity index (χ2v) is 13.8. The highest BCUT2D eigenvalue weighted by Crippen LogP contribution is 2.27. The summed E-state index contributed by atoms with van der Waals surface area (Å²) in [6.45, 7) is 3.96. The zero-order valence-electron chi connectivity index (χ0n) is 25.6. The number of halogens is 1. The van der Waals surface area contributed by atoms with Gasteiger partial charge in [-0.3, -0.25) is 13.9 Å². The van der Waals surface area contributed by atoms with E-state index in [9.17, 15) is 18.0 Å². The molecule has 0 fully saturated rings. The summed E-state index contributed by atoms with van der Waals surface area (Å²) < 4.78 is 35.4. The lowest BCUT2D eigenvalue weighted by atomic mass is 10.0. The third-order valence-corrected chi connectivity index (χ3v) is 9.48. The number of hydrogen-bond donors (Lipinski definition) is 1. The first-order valence-electron chi connectivity index (χ1n) is 14.7. The van der Waals surface area contributed by atoms with Gasteiger partial charge in [-0.25, -0.2) is 8.42 Å². The normalized spacial score (nSPS) is 11.9. The Morgan fingerprint density at radius 3 is 2.09 bits per heavy atom. The standard InChI is InChI=1S/C35H38BrN3O5S/c1-26(2)23-37-35(41)33(22-27-11-6-4-7-12-27)38(24-28-13-10-14-31(21-28)44-3)34(40)25-39(30-19-17-29(36)18-20-30)45(42,43)32-15-8-5-9-16-32/h4-21,26,33H,22-25H2,1-3H3,(H,37,41)/t33-/m1/s1. The fourth-order valence-electron chi connectivity index (χ4n) is 4.80. The minimum atomic E-state index is -4.16. The van der Waals surface area contributed by atoms with E-state index in [1.54, 1.807) is 61.7 Å². The monoisotopic (exact) mass is 691 g/mol. The van der Waals surface area contributed by atoms with Gasteiger partial charge in [0.1, 0.15) is 18.3 Å². The van der Waals surface area contributed by atoms with Crippen molar-refractivity contribution in [3.63, 3.8) is 0 Å². The molecule has 8 nitrogen and oxygen atoms in total. The van der Waals surface area contributed by atoms with E-state index in [1.807, 2.05) is 56.3 Å². The number of anilines is 1. The van der Waals surface area contributed by atoms with E-state index in [0.29, 0.717) is 18.0 Å². The van der Waals surface area contributed by atoms with Crippen molar-refractivity contribution in [1.29, 1.82) is 0 Å². The second kappa shape index (κ2) is 15.7. The summed E-state index contributed by atoms with van der Waals surface area (Å²) in [5, 5.41) is 3.00. The number of benzene rings is 4. The van der Waals surface area contributed by atoms with Crippen molar-refractivity contribution in [3.05, 3.63) is 125 Å². The van der Waals surface area contributed by atoms with Gasteiger partial charge < -0.3 is 15.0 Å². The summed E-state index contributed by atoms with van der Waals surface area (Å²) in [6, 6.07) is 30.5. The number of carbonyl (C=O) groups excluding carboxylic acids is 2. The van der Waals surface area contributed by atoms with Crippen LogP contribution in [0.5, 0.6) is 5.75 Å². The van der Waals surface area contributed by atoms with Crippen molar-refractivity contribution in [1.82, 2.24) is 10.2 Å². The summed E-state index contributed by atoms with van der Waals surface area (Å²) in [7, 11) is -2.60. The van der Waals surface area contributed by atoms with Crippen molar-refractivity contribution in [2.75, 3.05) is 24.5 Å². The molecule has 0 aliphatic heterocycles. The van der Waals surface area contributed by atoms with Gasteiger partial charge in [-0.15, -0.1) is 0 Å². The van der Waals surface area contributed by atoms with Gasteiger partial charge in [0.05, 0.1) is 17.7 Å². The molecule has 2 amide bonds. The van der Waals surface area contributed by atoms with Crippen molar-refractivity contribution in [3.8, 4) is 5.75 Å². The van der Waals surface area contributed by atoms with Crippen LogP contribution in [-0.2, 0) is 32.6 Å². The topological polar surface area (TPSA) is 96.0 Å². The van der Waals surface area contributed by atoms with Crippen LogP contribution >= 0.6 is 15.9 Å². The number of amides is 2. The van der Waals surface area contributed by atoms with E-state index in [2.05, 4.69) is 21.2 Å².